The summed E-state index contributed by atoms with van der Waals surface area (Å²) in [5.41, 5.74) is 0. The summed E-state index contributed by atoms with van der Waals surface area (Å²) in [4.78, 5) is 28.1. The van der Waals surface area contributed by atoms with Gasteiger partial charge in [-0.15, -0.1) is 0 Å². The lowest BCUT2D eigenvalue weighted by Crippen LogP contribution is -2.44. The van der Waals surface area contributed by atoms with Crippen molar-refractivity contribution in [2.45, 2.75) is 45.4 Å². The van der Waals surface area contributed by atoms with E-state index in [0.717, 1.165) is 64.2 Å². The van der Waals surface area contributed by atoms with Crippen LogP contribution in [0.15, 0.2) is 0 Å². The fourth-order valence-electron chi connectivity index (χ4n) is 3.46. The number of rotatable bonds is 4. The number of hydrogen-bond donors (Lipinski definition) is 0. The number of nitrogens with zero attached hydrogens (tertiary/aromatic N) is 2. The molecule has 0 aromatic carbocycles. The van der Waals surface area contributed by atoms with Crippen molar-refractivity contribution in [2.24, 2.45) is 11.8 Å². The SMILES string of the molecule is COC(=O)CC1CCCN(CC(=O)N2CCC(C)CC2)CC1. The maximum Gasteiger partial charge on any atom is 0.305 e. The Bertz CT molecular complexity index is 378. The zero-order valence-corrected chi connectivity index (χ0v) is 14.1. The van der Waals surface area contributed by atoms with Crippen LogP contribution in [0.3, 0.4) is 0 Å². The van der Waals surface area contributed by atoms with E-state index in [1.807, 2.05) is 4.90 Å². The molecule has 2 fully saturated rings. The van der Waals surface area contributed by atoms with Crippen LogP contribution in [0.25, 0.3) is 0 Å². The van der Waals surface area contributed by atoms with Crippen LogP contribution < -0.4 is 0 Å². The van der Waals surface area contributed by atoms with E-state index < -0.39 is 0 Å². The van der Waals surface area contributed by atoms with Crippen LogP contribution in [0, 0.1) is 11.8 Å². The molecule has 0 N–H and O–H groups in total. The zero-order chi connectivity index (χ0) is 15.9. The summed E-state index contributed by atoms with van der Waals surface area (Å²) in [6.07, 6.45) is 5.88. The molecule has 0 spiro atoms. The van der Waals surface area contributed by atoms with Gasteiger partial charge in [-0.25, -0.2) is 0 Å². The van der Waals surface area contributed by atoms with E-state index in [1.54, 1.807) is 0 Å². The van der Waals surface area contributed by atoms with Crippen molar-refractivity contribution in [3.8, 4) is 0 Å². The molecule has 5 heteroatoms. The Morgan fingerprint density at radius 2 is 1.77 bits per heavy atom. The number of ether oxygens (including phenoxy) is 1. The molecule has 0 radical (unpaired) electrons. The second-order valence-corrected chi connectivity index (χ2v) is 6.92. The van der Waals surface area contributed by atoms with Gasteiger partial charge in [-0.3, -0.25) is 14.5 Å². The number of piperidine rings is 1. The third-order valence-corrected chi connectivity index (χ3v) is 5.12. The molecular weight excluding hydrogens is 280 g/mol. The van der Waals surface area contributed by atoms with Crippen LogP contribution in [-0.4, -0.2) is 61.5 Å². The Morgan fingerprint density at radius 3 is 2.45 bits per heavy atom. The molecule has 1 atom stereocenters. The van der Waals surface area contributed by atoms with Gasteiger partial charge in [0.15, 0.2) is 0 Å². The van der Waals surface area contributed by atoms with E-state index in [-0.39, 0.29) is 11.9 Å². The summed E-state index contributed by atoms with van der Waals surface area (Å²) >= 11 is 0. The van der Waals surface area contributed by atoms with Crippen molar-refractivity contribution in [3.05, 3.63) is 0 Å². The standard InChI is InChI=1S/C17H30N2O3/c1-14-5-10-19(11-6-14)16(20)13-18-8-3-4-15(7-9-18)12-17(21)22-2/h14-15H,3-13H2,1-2H3. The molecule has 0 aromatic rings. The lowest BCUT2D eigenvalue weighted by Gasteiger charge is -2.32. The van der Waals surface area contributed by atoms with Gasteiger partial charge in [-0.05, 0) is 57.0 Å². The lowest BCUT2D eigenvalue weighted by atomic mass is 9.97. The van der Waals surface area contributed by atoms with Gasteiger partial charge in [0.05, 0.1) is 13.7 Å². The molecule has 2 rings (SSSR count). The molecule has 0 aliphatic carbocycles. The van der Waals surface area contributed by atoms with Crippen molar-refractivity contribution in [2.75, 3.05) is 39.8 Å². The van der Waals surface area contributed by atoms with Gasteiger partial charge >= 0.3 is 5.97 Å². The van der Waals surface area contributed by atoms with Crippen LogP contribution in [0.1, 0.15) is 45.4 Å². The van der Waals surface area contributed by atoms with Gasteiger partial charge in [0.25, 0.3) is 0 Å². The lowest BCUT2D eigenvalue weighted by molar-refractivity contribution is -0.142. The van der Waals surface area contributed by atoms with Crippen LogP contribution in [0.2, 0.25) is 0 Å². The van der Waals surface area contributed by atoms with Gasteiger partial charge in [0, 0.05) is 19.5 Å². The molecule has 0 bridgehead atoms. The molecule has 0 saturated carbocycles. The van der Waals surface area contributed by atoms with E-state index in [0.29, 0.717) is 18.9 Å². The third kappa shape index (κ3) is 5.27. The van der Waals surface area contributed by atoms with Crippen LogP contribution in [0.5, 0.6) is 0 Å². The molecule has 22 heavy (non-hydrogen) atoms. The average molecular weight is 310 g/mol. The van der Waals surface area contributed by atoms with Crippen LogP contribution >= 0.6 is 0 Å². The van der Waals surface area contributed by atoms with Crippen molar-refractivity contribution >= 4 is 11.9 Å². The first-order valence-corrected chi connectivity index (χ1v) is 8.65. The first kappa shape index (κ1) is 17.3. The number of carbonyl (C=O) groups excluding carboxylic acids is 2. The molecular formula is C17H30N2O3. The van der Waals surface area contributed by atoms with E-state index in [1.165, 1.54) is 7.11 Å². The van der Waals surface area contributed by atoms with E-state index in [9.17, 15) is 9.59 Å². The van der Waals surface area contributed by atoms with Crippen molar-refractivity contribution < 1.29 is 14.3 Å². The van der Waals surface area contributed by atoms with E-state index >= 15 is 0 Å². The summed E-state index contributed by atoms with van der Waals surface area (Å²) in [5, 5.41) is 0. The summed E-state index contributed by atoms with van der Waals surface area (Å²) in [6, 6.07) is 0. The minimum Gasteiger partial charge on any atom is -0.469 e. The summed E-state index contributed by atoms with van der Waals surface area (Å²) < 4.78 is 4.76. The van der Waals surface area contributed by atoms with E-state index in [4.69, 9.17) is 4.74 Å². The monoisotopic (exact) mass is 310 g/mol. The summed E-state index contributed by atoms with van der Waals surface area (Å²) in [6.45, 7) is 6.51. The van der Waals surface area contributed by atoms with Crippen LogP contribution in [0.4, 0.5) is 0 Å². The summed E-state index contributed by atoms with van der Waals surface area (Å²) in [7, 11) is 1.45. The molecule has 0 aromatic heterocycles. The number of hydrogen-bond acceptors (Lipinski definition) is 4. The molecule has 2 aliphatic heterocycles. The fourth-order valence-corrected chi connectivity index (χ4v) is 3.46. The van der Waals surface area contributed by atoms with E-state index in [2.05, 4.69) is 11.8 Å². The fraction of sp³-hybridized carbons (Fsp3) is 0.882. The minimum absolute atomic E-state index is 0.114. The Kier molecular flexibility index (Phi) is 6.68. The molecule has 1 amide bonds. The maximum absolute atomic E-state index is 12.4. The topological polar surface area (TPSA) is 49.9 Å². The molecule has 2 saturated heterocycles. The maximum atomic E-state index is 12.4. The smallest absolute Gasteiger partial charge is 0.305 e. The quantitative estimate of drug-likeness (QED) is 0.744. The summed E-state index contributed by atoms with van der Waals surface area (Å²) in [5.74, 6) is 1.32. The second kappa shape index (κ2) is 8.51. The Labute approximate surface area is 134 Å². The molecule has 2 heterocycles. The third-order valence-electron chi connectivity index (χ3n) is 5.12. The Morgan fingerprint density at radius 1 is 1.05 bits per heavy atom. The highest BCUT2D eigenvalue weighted by molar-refractivity contribution is 5.78. The molecule has 2 aliphatic rings. The Balaban J connectivity index is 1.74. The predicted molar refractivity (Wildman–Crippen MR) is 85.4 cm³/mol. The van der Waals surface area contributed by atoms with Gasteiger partial charge in [0.2, 0.25) is 5.91 Å². The van der Waals surface area contributed by atoms with Crippen molar-refractivity contribution in [1.29, 1.82) is 0 Å². The van der Waals surface area contributed by atoms with Crippen molar-refractivity contribution in [3.63, 3.8) is 0 Å². The van der Waals surface area contributed by atoms with Crippen molar-refractivity contribution in [1.82, 2.24) is 9.80 Å². The van der Waals surface area contributed by atoms with Gasteiger partial charge in [-0.1, -0.05) is 6.92 Å². The largest absolute Gasteiger partial charge is 0.469 e. The van der Waals surface area contributed by atoms with Gasteiger partial charge in [0.1, 0.15) is 0 Å². The highest BCUT2D eigenvalue weighted by atomic mass is 16.5. The molecule has 126 valence electrons. The molecule has 1 unspecified atom stereocenters. The number of likely N-dealkylation sites (tertiary alicyclic amines) is 2. The van der Waals surface area contributed by atoms with Gasteiger partial charge < -0.3 is 9.64 Å². The first-order chi connectivity index (χ1) is 10.6. The minimum atomic E-state index is -0.114. The number of esters is 1. The molecule has 5 nitrogen and oxygen atoms in total. The second-order valence-electron chi connectivity index (χ2n) is 6.92. The Hall–Kier alpha value is -1.10. The van der Waals surface area contributed by atoms with Gasteiger partial charge in [-0.2, -0.15) is 0 Å². The number of amides is 1. The normalized spacial score (nSPS) is 24.8. The zero-order valence-electron chi connectivity index (χ0n) is 14.1. The number of carbonyl (C=O) groups is 2. The first-order valence-electron chi connectivity index (χ1n) is 8.65. The highest BCUT2D eigenvalue weighted by Gasteiger charge is 2.24. The number of methoxy groups -OCH3 is 1. The van der Waals surface area contributed by atoms with Crippen LogP contribution in [-0.2, 0) is 14.3 Å². The highest BCUT2D eigenvalue weighted by Crippen LogP contribution is 2.22. The average Bonchev–Trinajstić information content (AvgIpc) is 2.73. The predicted octanol–water partition coefficient (Wildman–Crippen LogP) is 1.91.